The van der Waals surface area contributed by atoms with Crippen LogP contribution in [0.25, 0.3) is 0 Å². The molecule has 0 spiro atoms. The lowest BCUT2D eigenvalue weighted by molar-refractivity contribution is -0.144. The summed E-state index contributed by atoms with van der Waals surface area (Å²) in [5.41, 5.74) is 0.890. The zero-order valence-corrected chi connectivity index (χ0v) is 11.5. The van der Waals surface area contributed by atoms with Crippen LogP contribution < -0.4 is 5.32 Å². The van der Waals surface area contributed by atoms with Crippen LogP contribution in [-0.4, -0.2) is 17.6 Å². The van der Waals surface area contributed by atoms with Crippen LogP contribution >= 0.6 is 0 Å². The Bertz CT molecular complexity index is 403. The second kappa shape index (κ2) is 6.55. The van der Waals surface area contributed by atoms with E-state index < -0.39 is 11.5 Å². The number of rotatable bonds is 7. The number of unbranched alkanes of at least 4 members (excludes halogenated alkanes) is 2. The Labute approximate surface area is 109 Å². The van der Waals surface area contributed by atoms with Crippen LogP contribution in [0.15, 0.2) is 24.3 Å². The highest BCUT2D eigenvalue weighted by Crippen LogP contribution is 2.22. The molecule has 0 aromatic heterocycles. The number of carboxylic acids is 1. The van der Waals surface area contributed by atoms with Crippen molar-refractivity contribution in [3.8, 4) is 0 Å². The molecule has 1 rings (SSSR count). The summed E-state index contributed by atoms with van der Waals surface area (Å²) in [5.74, 6) is -0.829. The van der Waals surface area contributed by atoms with Gasteiger partial charge >= 0.3 is 5.97 Å². The molecule has 0 bridgehead atoms. The molecule has 1 aromatic rings. The molecule has 1 unspecified atom stereocenters. The molecule has 18 heavy (non-hydrogen) atoms. The van der Waals surface area contributed by atoms with Gasteiger partial charge in [-0.2, -0.15) is 0 Å². The van der Waals surface area contributed by atoms with Crippen LogP contribution in [0.4, 0.5) is 0 Å². The van der Waals surface area contributed by atoms with E-state index in [0.717, 1.165) is 36.9 Å². The molecule has 0 radical (unpaired) electrons. The first-order chi connectivity index (χ1) is 8.50. The number of aryl methyl sites for hydroxylation is 1. The molecule has 0 heterocycles. The molecule has 0 saturated carbocycles. The molecule has 1 aromatic carbocycles. The van der Waals surface area contributed by atoms with Crippen molar-refractivity contribution in [3.05, 3.63) is 35.4 Å². The van der Waals surface area contributed by atoms with Gasteiger partial charge in [-0.15, -0.1) is 0 Å². The van der Waals surface area contributed by atoms with Gasteiger partial charge in [0.15, 0.2) is 0 Å². The highest BCUT2D eigenvalue weighted by atomic mass is 16.4. The third-order valence-electron chi connectivity index (χ3n) is 3.28. The number of nitrogens with one attached hydrogen (secondary N) is 1. The first kappa shape index (κ1) is 14.7. The van der Waals surface area contributed by atoms with Crippen LogP contribution in [0.1, 0.15) is 44.2 Å². The zero-order chi connectivity index (χ0) is 13.6. The van der Waals surface area contributed by atoms with Gasteiger partial charge in [-0.25, -0.2) is 4.79 Å². The summed E-state index contributed by atoms with van der Waals surface area (Å²) in [6.07, 6.45) is 3.26. The second-order valence-electron chi connectivity index (χ2n) is 4.93. The standard InChI is InChI=1S/C15H23NO2/c1-4-5-6-10-16-15(3,14(17)18)13-9-7-8-12(2)11-13/h7-9,11,16H,4-6,10H2,1-3H3,(H,17,18). The Hall–Kier alpha value is -1.35. The van der Waals surface area contributed by atoms with Crippen molar-refractivity contribution in [1.29, 1.82) is 0 Å². The number of carboxylic acid groups (broad SMARTS) is 1. The molecule has 100 valence electrons. The Morgan fingerprint density at radius 3 is 2.67 bits per heavy atom. The van der Waals surface area contributed by atoms with Crippen LogP contribution in [0.5, 0.6) is 0 Å². The molecule has 0 fully saturated rings. The molecule has 0 saturated heterocycles. The summed E-state index contributed by atoms with van der Waals surface area (Å²) in [7, 11) is 0. The van der Waals surface area contributed by atoms with Crippen molar-refractivity contribution >= 4 is 5.97 Å². The van der Waals surface area contributed by atoms with Crippen molar-refractivity contribution < 1.29 is 9.90 Å². The lowest BCUT2D eigenvalue weighted by Crippen LogP contribution is -2.47. The highest BCUT2D eigenvalue weighted by molar-refractivity contribution is 5.80. The van der Waals surface area contributed by atoms with Crippen LogP contribution in [0.3, 0.4) is 0 Å². The molecule has 0 aliphatic heterocycles. The second-order valence-corrected chi connectivity index (χ2v) is 4.93. The van der Waals surface area contributed by atoms with Gasteiger partial charge in [0.2, 0.25) is 0 Å². The molecule has 0 amide bonds. The normalized spacial score (nSPS) is 14.2. The monoisotopic (exact) mass is 249 g/mol. The van der Waals surface area contributed by atoms with Gasteiger partial charge in [0.1, 0.15) is 5.54 Å². The average Bonchev–Trinajstić information content (AvgIpc) is 2.34. The van der Waals surface area contributed by atoms with E-state index in [2.05, 4.69) is 12.2 Å². The lowest BCUT2D eigenvalue weighted by Gasteiger charge is -2.27. The molecule has 3 nitrogen and oxygen atoms in total. The van der Waals surface area contributed by atoms with Crippen LogP contribution in [-0.2, 0) is 10.3 Å². The molecule has 0 aliphatic rings. The summed E-state index contributed by atoms with van der Waals surface area (Å²) < 4.78 is 0. The SMILES string of the molecule is CCCCCNC(C)(C(=O)O)c1cccc(C)c1. The van der Waals surface area contributed by atoms with E-state index in [4.69, 9.17) is 0 Å². The molecule has 2 N–H and O–H groups in total. The fraction of sp³-hybridized carbons (Fsp3) is 0.533. The zero-order valence-electron chi connectivity index (χ0n) is 11.5. The smallest absolute Gasteiger partial charge is 0.328 e. The van der Waals surface area contributed by atoms with Gasteiger partial charge in [0, 0.05) is 0 Å². The quantitative estimate of drug-likeness (QED) is 0.730. The van der Waals surface area contributed by atoms with E-state index in [0.29, 0.717) is 0 Å². The van der Waals surface area contributed by atoms with Crippen LogP contribution in [0.2, 0.25) is 0 Å². The Morgan fingerprint density at radius 1 is 1.39 bits per heavy atom. The van der Waals surface area contributed by atoms with Gasteiger partial charge in [-0.05, 0) is 32.4 Å². The van der Waals surface area contributed by atoms with Gasteiger partial charge in [-0.3, -0.25) is 5.32 Å². The van der Waals surface area contributed by atoms with Gasteiger partial charge in [0.05, 0.1) is 0 Å². The van der Waals surface area contributed by atoms with Crippen molar-refractivity contribution in [2.24, 2.45) is 0 Å². The average molecular weight is 249 g/mol. The summed E-state index contributed by atoms with van der Waals surface area (Å²) >= 11 is 0. The summed E-state index contributed by atoms with van der Waals surface area (Å²) in [6, 6.07) is 7.68. The topological polar surface area (TPSA) is 49.3 Å². The Kier molecular flexibility index (Phi) is 5.35. The Morgan fingerprint density at radius 2 is 2.11 bits per heavy atom. The maximum atomic E-state index is 11.5. The number of hydrogen-bond acceptors (Lipinski definition) is 2. The van der Waals surface area contributed by atoms with Crippen molar-refractivity contribution in [2.75, 3.05) is 6.54 Å². The number of hydrogen-bond donors (Lipinski definition) is 2. The van der Waals surface area contributed by atoms with Crippen molar-refractivity contribution in [3.63, 3.8) is 0 Å². The van der Waals surface area contributed by atoms with E-state index >= 15 is 0 Å². The van der Waals surface area contributed by atoms with Crippen molar-refractivity contribution in [2.45, 2.75) is 45.6 Å². The molecular weight excluding hydrogens is 226 g/mol. The van der Waals surface area contributed by atoms with E-state index in [9.17, 15) is 9.90 Å². The first-order valence-corrected chi connectivity index (χ1v) is 6.56. The predicted octanol–water partition coefficient (Wildman–Crippen LogP) is 3.07. The Balaban J connectivity index is 2.83. The van der Waals surface area contributed by atoms with Gasteiger partial charge in [0.25, 0.3) is 0 Å². The summed E-state index contributed by atoms with van der Waals surface area (Å²) in [6.45, 7) is 6.57. The number of carbonyl (C=O) groups is 1. The highest BCUT2D eigenvalue weighted by Gasteiger charge is 2.34. The molecule has 0 aliphatic carbocycles. The lowest BCUT2D eigenvalue weighted by atomic mass is 9.90. The minimum absolute atomic E-state index is 0.727. The minimum atomic E-state index is -1.00. The van der Waals surface area contributed by atoms with E-state index in [-0.39, 0.29) is 0 Å². The van der Waals surface area contributed by atoms with Gasteiger partial charge in [-0.1, -0.05) is 49.6 Å². The minimum Gasteiger partial charge on any atom is -0.480 e. The van der Waals surface area contributed by atoms with Gasteiger partial charge < -0.3 is 5.11 Å². The maximum Gasteiger partial charge on any atom is 0.328 e. The van der Waals surface area contributed by atoms with Crippen molar-refractivity contribution in [1.82, 2.24) is 5.32 Å². The predicted molar refractivity (Wildman–Crippen MR) is 73.7 cm³/mol. The molecule has 3 heteroatoms. The fourth-order valence-electron chi connectivity index (χ4n) is 1.97. The summed E-state index contributed by atoms with van der Waals surface area (Å²) in [5, 5.41) is 12.6. The van der Waals surface area contributed by atoms with Crippen LogP contribution in [0, 0.1) is 6.92 Å². The van der Waals surface area contributed by atoms with E-state index in [1.54, 1.807) is 6.92 Å². The third kappa shape index (κ3) is 3.57. The molecular formula is C15H23NO2. The first-order valence-electron chi connectivity index (χ1n) is 6.56. The fourth-order valence-corrected chi connectivity index (χ4v) is 1.97. The number of aliphatic carboxylic acids is 1. The van der Waals surface area contributed by atoms with E-state index in [1.165, 1.54) is 0 Å². The third-order valence-corrected chi connectivity index (χ3v) is 3.28. The largest absolute Gasteiger partial charge is 0.480 e. The van der Waals surface area contributed by atoms with E-state index in [1.807, 2.05) is 31.2 Å². The maximum absolute atomic E-state index is 11.5. The molecule has 1 atom stereocenters. The number of benzene rings is 1. The summed E-state index contributed by atoms with van der Waals surface area (Å²) in [4.78, 5) is 11.5.